The average Bonchev–Trinajstić information content (AvgIpc) is 2.36. The Morgan fingerprint density at radius 1 is 1.30 bits per heavy atom. The van der Waals surface area contributed by atoms with Crippen LogP contribution in [0.2, 0.25) is 10.0 Å². The van der Waals surface area contributed by atoms with Gasteiger partial charge in [-0.3, -0.25) is 19.7 Å². The molecule has 1 saturated heterocycles. The molecule has 1 aliphatic heterocycles. The zero-order valence-corrected chi connectivity index (χ0v) is 12.4. The third kappa shape index (κ3) is 2.51. The first kappa shape index (κ1) is 14.8. The van der Waals surface area contributed by atoms with Gasteiger partial charge in [-0.25, -0.2) is 0 Å². The van der Waals surface area contributed by atoms with E-state index in [9.17, 15) is 14.4 Å². The molecule has 1 aromatic carbocycles. The van der Waals surface area contributed by atoms with Gasteiger partial charge in [0, 0.05) is 5.02 Å². The van der Waals surface area contributed by atoms with Crippen LogP contribution in [-0.2, 0) is 9.59 Å². The molecule has 1 N–H and O–H groups in total. The standard InChI is InChI=1S/C13H12Cl2N2O3/c1-13(2)12(20)16-10(18)6-17(13)11(19)8-5-7(14)3-4-9(8)15/h3-5H,6H2,1-2H3,(H,16,18,20). The second kappa shape index (κ2) is 5.07. The smallest absolute Gasteiger partial charge is 0.256 e. The quantitative estimate of drug-likeness (QED) is 0.805. The van der Waals surface area contributed by atoms with Gasteiger partial charge in [0.2, 0.25) is 5.91 Å². The highest BCUT2D eigenvalue weighted by molar-refractivity contribution is 6.36. The molecule has 0 spiro atoms. The van der Waals surface area contributed by atoms with Gasteiger partial charge in [-0.1, -0.05) is 23.2 Å². The molecule has 0 aliphatic carbocycles. The summed E-state index contributed by atoms with van der Waals surface area (Å²) in [6.07, 6.45) is 0. The number of nitrogens with one attached hydrogen (secondary N) is 1. The Labute approximate surface area is 125 Å². The molecule has 1 aliphatic rings. The summed E-state index contributed by atoms with van der Waals surface area (Å²) >= 11 is 11.8. The lowest BCUT2D eigenvalue weighted by Gasteiger charge is -2.40. The number of hydrogen-bond donors (Lipinski definition) is 1. The van der Waals surface area contributed by atoms with E-state index < -0.39 is 23.3 Å². The van der Waals surface area contributed by atoms with Crippen LogP contribution in [0.3, 0.4) is 0 Å². The van der Waals surface area contributed by atoms with E-state index in [4.69, 9.17) is 23.2 Å². The molecule has 1 heterocycles. The van der Waals surface area contributed by atoms with Crippen molar-refractivity contribution in [3.05, 3.63) is 33.8 Å². The fourth-order valence-corrected chi connectivity index (χ4v) is 2.29. The first-order chi connectivity index (χ1) is 9.23. The molecule has 0 aromatic heterocycles. The summed E-state index contributed by atoms with van der Waals surface area (Å²) in [6.45, 7) is 2.91. The number of nitrogens with zero attached hydrogens (tertiary/aromatic N) is 1. The number of carbonyl (C=O) groups is 3. The summed E-state index contributed by atoms with van der Waals surface area (Å²) in [5, 5.41) is 2.77. The number of imide groups is 1. The van der Waals surface area contributed by atoms with Crippen LogP contribution in [0.25, 0.3) is 0 Å². The number of carbonyl (C=O) groups excluding carboxylic acids is 3. The van der Waals surface area contributed by atoms with Gasteiger partial charge in [0.1, 0.15) is 12.1 Å². The molecule has 0 atom stereocenters. The summed E-state index contributed by atoms with van der Waals surface area (Å²) in [5.41, 5.74) is -0.980. The maximum atomic E-state index is 12.5. The maximum Gasteiger partial charge on any atom is 0.256 e. The Morgan fingerprint density at radius 3 is 2.60 bits per heavy atom. The minimum absolute atomic E-state index is 0.162. The van der Waals surface area contributed by atoms with E-state index in [0.29, 0.717) is 5.02 Å². The summed E-state index contributed by atoms with van der Waals surface area (Å²) in [6, 6.07) is 4.47. The lowest BCUT2D eigenvalue weighted by molar-refractivity contribution is -0.143. The van der Waals surface area contributed by atoms with Crippen molar-refractivity contribution in [3.63, 3.8) is 0 Å². The zero-order valence-electron chi connectivity index (χ0n) is 10.9. The molecular formula is C13H12Cl2N2O3. The van der Waals surface area contributed by atoms with E-state index in [-0.39, 0.29) is 17.1 Å². The average molecular weight is 315 g/mol. The number of piperazine rings is 1. The van der Waals surface area contributed by atoms with Crippen LogP contribution in [0.5, 0.6) is 0 Å². The van der Waals surface area contributed by atoms with Crippen molar-refractivity contribution in [2.45, 2.75) is 19.4 Å². The minimum Gasteiger partial charge on any atom is -0.315 e. The van der Waals surface area contributed by atoms with Crippen molar-refractivity contribution in [2.24, 2.45) is 0 Å². The van der Waals surface area contributed by atoms with Crippen LogP contribution in [0.15, 0.2) is 18.2 Å². The molecule has 1 fully saturated rings. The first-order valence-corrected chi connectivity index (χ1v) is 6.60. The molecule has 7 heteroatoms. The van der Waals surface area contributed by atoms with E-state index in [1.807, 2.05) is 0 Å². The van der Waals surface area contributed by atoms with Crippen molar-refractivity contribution >= 4 is 40.9 Å². The Hall–Kier alpha value is -1.59. The third-order valence-electron chi connectivity index (χ3n) is 3.19. The number of halogens is 2. The Balaban J connectivity index is 2.43. The lowest BCUT2D eigenvalue weighted by Crippen LogP contribution is -2.65. The SMILES string of the molecule is CC1(C)C(=O)NC(=O)CN1C(=O)c1cc(Cl)ccc1Cl. The van der Waals surface area contributed by atoms with Crippen LogP contribution in [0.4, 0.5) is 0 Å². The van der Waals surface area contributed by atoms with Crippen LogP contribution < -0.4 is 5.32 Å². The minimum atomic E-state index is -1.14. The Kier molecular flexibility index (Phi) is 3.75. The second-order valence-electron chi connectivity index (χ2n) is 4.95. The van der Waals surface area contributed by atoms with Gasteiger partial charge in [-0.2, -0.15) is 0 Å². The van der Waals surface area contributed by atoms with Crippen molar-refractivity contribution in [3.8, 4) is 0 Å². The van der Waals surface area contributed by atoms with Gasteiger partial charge in [-0.05, 0) is 32.0 Å². The van der Waals surface area contributed by atoms with E-state index in [2.05, 4.69) is 5.32 Å². The van der Waals surface area contributed by atoms with E-state index in [0.717, 1.165) is 0 Å². The predicted molar refractivity (Wildman–Crippen MR) is 74.7 cm³/mol. The molecule has 0 saturated carbocycles. The Morgan fingerprint density at radius 2 is 1.95 bits per heavy atom. The van der Waals surface area contributed by atoms with Gasteiger partial charge in [0.25, 0.3) is 11.8 Å². The number of benzene rings is 1. The van der Waals surface area contributed by atoms with Crippen molar-refractivity contribution in [1.82, 2.24) is 10.2 Å². The molecule has 0 bridgehead atoms. The van der Waals surface area contributed by atoms with Crippen LogP contribution in [-0.4, -0.2) is 34.7 Å². The van der Waals surface area contributed by atoms with Crippen molar-refractivity contribution in [2.75, 3.05) is 6.54 Å². The first-order valence-electron chi connectivity index (χ1n) is 5.85. The highest BCUT2D eigenvalue weighted by atomic mass is 35.5. The molecule has 2 rings (SSSR count). The normalized spacial score (nSPS) is 17.9. The van der Waals surface area contributed by atoms with Gasteiger partial charge >= 0.3 is 0 Å². The van der Waals surface area contributed by atoms with E-state index in [1.165, 1.54) is 17.0 Å². The molecule has 1 aromatic rings. The fourth-order valence-electron chi connectivity index (χ4n) is 1.92. The highest BCUT2D eigenvalue weighted by Crippen LogP contribution is 2.26. The zero-order chi connectivity index (χ0) is 15.1. The largest absolute Gasteiger partial charge is 0.315 e. The van der Waals surface area contributed by atoms with Gasteiger partial charge in [-0.15, -0.1) is 0 Å². The molecule has 0 unspecified atom stereocenters. The number of amides is 3. The van der Waals surface area contributed by atoms with E-state index >= 15 is 0 Å². The number of rotatable bonds is 1. The number of hydrogen-bond acceptors (Lipinski definition) is 3. The summed E-state index contributed by atoms with van der Waals surface area (Å²) in [5.74, 6) is -1.56. The fraction of sp³-hybridized carbons (Fsp3) is 0.308. The summed E-state index contributed by atoms with van der Waals surface area (Å²) < 4.78 is 0. The van der Waals surface area contributed by atoms with Crippen LogP contribution >= 0.6 is 23.2 Å². The highest BCUT2D eigenvalue weighted by Gasteiger charge is 2.44. The topological polar surface area (TPSA) is 66.5 Å². The molecule has 3 amide bonds. The monoisotopic (exact) mass is 314 g/mol. The van der Waals surface area contributed by atoms with Crippen molar-refractivity contribution in [1.29, 1.82) is 0 Å². The van der Waals surface area contributed by atoms with Gasteiger partial charge < -0.3 is 4.90 Å². The molecule has 5 nitrogen and oxygen atoms in total. The van der Waals surface area contributed by atoms with Crippen LogP contribution in [0.1, 0.15) is 24.2 Å². The Bertz CT molecular complexity index is 614. The predicted octanol–water partition coefficient (Wildman–Crippen LogP) is 1.87. The van der Waals surface area contributed by atoms with Gasteiger partial charge in [0.05, 0.1) is 10.6 Å². The molecular weight excluding hydrogens is 303 g/mol. The molecule has 20 heavy (non-hydrogen) atoms. The molecule has 0 radical (unpaired) electrons. The van der Waals surface area contributed by atoms with E-state index in [1.54, 1.807) is 19.9 Å². The maximum absolute atomic E-state index is 12.5. The van der Waals surface area contributed by atoms with Gasteiger partial charge in [0.15, 0.2) is 0 Å². The third-order valence-corrected chi connectivity index (χ3v) is 3.75. The van der Waals surface area contributed by atoms with Crippen LogP contribution in [0, 0.1) is 0 Å². The lowest BCUT2D eigenvalue weighted by atomic mass is 9.97. The summed E-state index contributed by atoms with van der Waals surface area (Å²) in [4.78, 5) is 37.0. The second-order valence-corrected chi connectivity index (χ2v) is 5.80. The van der Waals surface area contributed by atoms with Crippen molar-refractivity contribution < 1.29 is 14.4 Å². The molecule has 106 valence electrons. The summed E-state index contributed by atoms with van der Waals surface area (Å²) in [7, 11) is 0.